The predicted molar refractivity (Wildman–Crippen MR) is 200 cm³/mol. The summed E-state index contributed by atoms with van der Waals surface area (Å²) in [7, 11) is 0. The van der Waals surface area contributed by atoms with Crippen molar-refractivity contribution in [3.8, 4) is 50.9 Å². The number of nitrogens with zero attached hydrogens (tertiary/aromatic N) is 2. The molecule has 300 valence electrons. The third-order valence-electron chi connectivity index (χ3n) is 7.04. The van der Waals surface area contributed by atoms with E-state index in [1.54, 1.807) is 0 Å². The summed E-state index contributed by atoms with van der Waals surface area (Å²) in [6, 6.07) is 22.4. The lowest BCUT2D eigenvalue weighted by molar-refractivity contribution is -0.275. The number of ether oxygens (including phenoxy) is 2. The molecule has 21 heteroatoms. The lowest BCUT2D eigenvalue weighted by Crippen LogP contribution is -2.18. The van der Waals surface area contributed by atoms with Crippen molar-refractivity contribution in [2.75, 3.05) is 0 Å². The van der Waals surface area contributed by atoms with Crippen molar-refractivity contribution in [1.29, 1.82) is 0 Å². The topological polar surface area (TPSA) is 99.8 Å². The Kier molecular flexibility index (Phi) is 14.5. The van der Waals surface area contributed by atoms with Crippen LogP contribution in [0.4, 0.5) is 35.1 Å². The molecule has 0 unspecified atom stereocenters. The summed E-state index contributed by atoms with van der Waals surface area (Å²) in [5.74, 6) is -2.00. The van der Waals surface area contributed by atoms with Gasteiger partial charge >= 0.3 is 17.9 Å². The molecule has 2 aromatic heterocycles. The molecule has 6 aromatic rings. The van der Waals surface area contributed by atoms with Crippen molar-refractivity contribution in [3.63, 3.8) is 0 Å². The average Bonchev–Trinajstić information content (AvgIpc) is 3.09. The normalized spacial score (nSPS) is 11.4. The van der Waals surface area contributed by atoms with Crippen LogP contribution in [-0.4, -0.2) is 27.0 Å². The molecule has 8 nitrogen and oxygen atoms in total. The van der Waals surface area contributed by atoms with Gasteiger partial charge in [0.15, 0.2) is 0 Å². The van der Waals surface area contributed by atoms with Gasteiger partial charge in [0.1, 0.15) is 28.9 Å². The molecule has 6 rings (SSSR count). The Hall–Kier alpha value is -4.99. The molecule has 57 heavy (non-hydrogen) atoms. The molecular weight excluding hydrogens is 881 g/mol. The van der Waals surface area contributed by atoms with Gasteiger partial charge in [-0.15, -0.1) is 26.3 Å². The van der Waals surface area contributed by atoms with Gasteiger partial charge in [0.05, 0.1) is 5.02 Å². The zero-order valence-electron chi connectivity index (χ0n) is 27.9. The predicted octanol–water partition coefficient (Wildman–Crippen LogP) is 12.3. The molecule has 0 aliphatic rings. The molecule has 0 saturated heterocycles. The summed E-state index contributed by atoms with van der Waals surface area (Å²) in [6.07, 6.45) is -6.84. The lowest BCUT2D eigenvalue weighted by atomic mass is 10.1. The first-order chi connectivity index (χ1) is 26.5. The van der Waals surface area contributed by atoms with Crippen LogP contribution in [0.15, 0.2) is 131 Å². The van der Waals surface area contributed by atoms with Crippen molar-refractivity contribution in [3.05, 3.63) is 159 Å². The van der Waals surface area contributed by atoms with Gasteiger partial charge in [-0.1, -0.05) is 35.9 Å². The monoisotopic (exact) mass is 900 g/mol. The smallest absolute Gasteiger partial charge is 0.507 e. The van der Waals surface area contributed by atoms with Gasteiger partial charge in [0.25, 0.3) is 11.1 Å². The highest BCUT2D eigenvalue weighted by Crippen LogP contribution is 2.61. The molecule has 0 saturated carbocycles. The van der Waals surface area contributed by atoms with Crippen molar-refractivity contribution >= 4 is 50.5 Å². The van der Waals surface area contributed by atoms with Crippen LogP contribution >= 0.6 is 50.5 Å². The van der Waals surface area contributed by atoms with Crippen LogP contribution < -0.4 is 20.6 Å². The van der Waals surface area contributed by atoms with Crippen molar-refractivity contribution in [2.24, 2.45) is 0 Å². The number of rotatable bonds is 6. The molecular formula is C36H21Cl4F8N2O6P. The minimum Gasteiger partial charge on any atom is -0.507 e. The van der Waals surface area contributed by atoms with E-state index in [1.807, 2.05) is 0 Å². The third kappa shape index (κ3) is 14.2. The Morgan fingerprint density at radius 1 is 0.561 bits per heavy atom. The largest absolute Gasteiger partial charge is 0.573 e. The highest BCUT2D eigenvalue weighted by molar-refractivity contribution is 8.24. The van der Waals surface area contributed by atoms with Crippen molar-refractivity contribution < 1.29 is 54.3 Å². The van der Waals surface area contributed by atoms with E-state index in [0.717, 1.165) is 34.9 Å². The second kappa shape index (κ2) is 18.5. The van der Waals surface area contributed by atoms with Crippen LogP contribution in [0, 0.1) is 11.6 Å². The van der Waals surface area contributed by atoms with E-state index in [4.69, 9.17) is 11.6 Å². The van der Waals surface area contributed by atoms with Crippen LogP contribution in [-0.2, 0) is 4.57 Å². The molecule has 0 spiro atoms. The number of aromatic hydroxyl groups is 1. The second-order valence-electron chi connectivity index (χ2n) is 11.0. The molecule has 0 radical (unpaired) electrons. The van der Waals surface area contributed by atoms with Crippen molar-refractivity contribution in [2.45, 2.75) is 12.7 Å². The lowest BCUT2D eigenvalue weighted by Gasteiger charge is -2.12. The zero-order chi connectivity index (χ0) is 42.3. The Balaban J connectivity index is 0.000000226. The van der Waals surface area contributed by atoms with Gasteiger partial charge in [-0.2, -0.15) is 0 Å². The third-order valence-corrected chi connectivity index (χ3v) is 7.36. The Bertz CT molecular complexity index is 2300. The van der Waals surface area contributed by atoms with Crippen LogP contribution in [0.5, 0.6) is 17.2 Å². The number of benzene rings is 4. The van der Waals surface area contributed by atoms with E-state index in [-0.39, 0.29) is 22.0 Å². The van der Waals surface area contributed by atoms with Gasteiger partial charge in [-0.25, -0.2) is 8.78 Å². The standard InChI is InChI=1S/C18H10ClF4NO2.C18H11F4NO3.Cl3OP/c19-16-9-17(25)24(10-15(16)11-1-3-12(20)4-2-11)13-5-7-14(8-6-13)26-18(21,22)23;19-12-3-1-11(2-4-12)15-10-23(17(25)9-16(15)24)13-5-7-14(8-6-13)26-18(20,21)22;1-5(2,3)4/h1-10H;1-10,24H;. The maximum absolute atomic E-state index is 13.1. The molecule has 4 aromatic carbocycles. The Morgan fingerprint density at radius 3 is 1.26 bits per heavy atom. The first kappa shape index (κ1) is 44.7. The fourth-order valence-electron chi connectivity index (χ4n) is 4.75. The molecule has 2 heterocycles. The fraction of sp³-hybridized carbons (Fsp3) is 0.0556. The summed E-state index contributed by atoms with van der Waals surface area (Å²) in [5.41, 5.74) is 1.33. The fourth-order valence-corrected chi connectivity index (χ4v) is 5.00. The van der Waals surface area contributed by atoms with Gasteiger partial charge in [0, 0.05) is 47.0 Å². The second-order valence-corrected chi connectivity index (χ2v) is 18.1. The van der Waals surface area contributed by atoms with E-state index in [9.17, 15) is 54.4 Å². The maximum Gasteiger partial charge on any atom is 0.573 e. The Morgan fingerprint density at radius 2 is 0.895 bits per heavy atom. The molecule has 0 fully saturated rings. The van der Waals surface area contributed by atoms with Crippen LogP contribution in [0.1, 0.15) is 0 Å². The van der Waals surface area contributed by atoms with Crippen LogP contribution in [0.2, 0.25) is 5.02 Å². The molecule has 0 bridgehead atoms. The summed E-state index contributed by atoms with van der Waals surface area (Å²) in [4.78, 5) is 24.3. The summed E-state index contributed by atoms with van der Waals surface area (Å²) < 4.78 is 119. The number of hydrogen-bond donors (Lipinski definition) is 1. The van der Waals surface area contributed by atoms with Gasteiger partial charge in [0.2, 0.25) is 0 Å². The van der Waals surface area contributed by atoms with Gasteiger partial charge in [-0.05, 0) is 118 Å². The minimum absolute atomic E-state index is 0.176. The number of alkyl halides is 6. The van der Waals surface area contributed by atoms with Crippen LogP contribution in [0.25, 0.3) is 33.6 Å². The first-order valence-corrected chi connectivity index (χ1v) is 20.1. The minimum atomic E-state index is -4.81. The van der Waals surface area contributed by atoms with E-state index in [0.29, 0.717) is 22.4 Å². The SMILES string of the molecule is O=P(Cl)(Cl)Cl.O=c1cc(Cl)c(-c2ccc(F)cc2)cn1-c1ccc(OC(F)(F)F)cc1.O=c1cc(O)c(-c2ccc(F)cc2)cn1-c1ccc(OC(F)(F)F)cc1. The zero-order valence-corrected chi connectivity index (χ0v) is 31.8. The van der Waals surface area contributed by atoms with Crippen LogP contribution in [0.3, 0.4) is 0 Å². The van der Waals surface area contributed by atoms with Crippen molar-refractivity contribution in [1.82, 2.24) is 9.13 Å². The highest BCUT2D eigenvalue weighted by atomic mass is 36.0. The van der Waals surface area contributed by atoms with Gasteiger partial charge < -0.3 is 14.6 Å². The number of aromatic nitrogens is 2. The number of halogens is 12. The summed E-state index contributed by atoms with van der Waals surface area (Å²) >= 11 is 20.0. The molecule has 0 aliphatic heterocycles. The van der Waals surface area contributed by atoms with E-state index < -0.39 is 52.2 Å². The molecule has 1 N–H and O–H groups in total. The average molecular weight is 902 g/mol. The molecule has 0 atom stereocenters. The first-order valence-electron chi connectivity index (χ1n) is 15.3. The summed E-state index contributed by atoms with van der Waals surface area (Å²) in [5, 5.41) is 6.96. The molecule has 0 amide bonds. The maximum atomic E-state index is 13.1. The van der Waals surface area contributed by atoms with E-state index >= 15 is 0 Å². The van der Waals surface area contributed by atoms with E-state index in [1.165, 1.54) is 95.8 Å². The molecule has 0 aliphatic carbocycles. The highest BCUT2D eigenvalue weighted by Gasteiger charge is 2.31. The number of pyridine rings is 2. The summed E-state index contributed by atoms with van der Waals surface area (Å²) in [6.45, 7) is 0. The quantitative estimate of drug-likeness (QED) is 0.132. The Labute approximate surface area is 335 Å². The van der Waals surface area contributed by atoms with Gasteiger partial charge in [-0.3, -0.25) is 23.3 Å². The number of hydrogen-bond acceptors (Lipinski definition) is 6. The van der Waals surface area contributed by atoms with E-state index in [2.05, 4.69) is 43.2 Å².